The molecule has 2 N–H and O–H groups in total. The number of hydrogen-bond donors (Lipinski definition) is 2. The quantitative estimate of drug-likeness (QED) is 0.429. The van der Waals surface area contributed by atoms with E-state index in [0.29, 0.717) is 24.3 Å². The molecule has 0 amide bonds. The van der Waals surface area contributed by atoms with Crippen molar-refractivity contribution >= 4 is 22.6 Å². The predicted molar refractivity (Wildman–Crippen MR) is 145 cm³/mol. The molecule has 0 atom stereocenters. The van der Waals surface area contributed by atoms with Gasteiger partial charge in [0.15, 0.2) is 0 Å². The van der Waals surface area contributed by atoms with E-state index in [1.165, 1.54) is 12.3 Å². The van der Waals surface area contributed by atoms with Crippen molar-refractivity contribution in [1.29, 1.82) is 0 Å². The van der Waals surface area contributed by atoms with E-state index in [-0.39, 0.29) is 22.6 Å². The Hall–Kier alpha value is -4.24. The van der Waals surface area contributed by atoms with Gasteiger partial charge in [-0.3, -0.25) is 14.2 Å². The molecule has 9 heteroatoms. The molecule has 4 aromatic rings. The van der Waals surface area contributed by atoms with Crippen LogP contribution in [0.5, 0.6) is 0 Å². The summed E-state index contributed by atoms with van der Waals surface area (Å²) in [4.78, 5) is 37.2. The van der Waals surface area contributed by atoms with Crippen molar-refractivity contribution in [2.75, 3.05) is 31.1 Å². The Morgan fingerprint density at radius 1 is 1.00 bits per heavy atom. The van der Waals surface area contributed by atoms with Gasteiger partial charge < -0.3 is 19.9 Å². The van der Waals surface area contributed by atoms with Crippen molar-refractivity contribution in [2.24, 2.45) is 0 Å². The second kappa shape index (κ2) is 10.6. The molecule has 1 aliphatic heterocycles. The summed E-state index contributed by atoms with van der Waals surface area (Å²) in [5, 5.41) is 12.6. The largest absolute Gasteiger partial charge is 0.477 e. The van der Waals surface area contributed by atoms with Gasteiger partial charge in [0.05, 0.1) is 11.2 Å². The van der Waals surface area contributed by atoms with Gasteiger partial charge in [0, 0.05) is 61.8 Å². The highest BCUT2D eigenvalue weighted by Crippen LogP contribution is 2.38. The Labute approximate surface area is 218 Å². The second-order valence-electron chi connectivity index (χ2n) is 9.62. The molecular weight excluding hydrogens is 487 g/mol. The van der Waals surface area contributed by atoms with Gasteiger partial charge in [-0.15, -0.1) is 0 Å². The van der Waals surface area contributed by atoms with Crippen LogP contribution in [0.2, 0.25) is 0 Å². The molecular formula is C29H29FN4O4. The normalized spacial score (nSPS) is 15.2. The number of carbonyl (C=O) groups is 1. The van der Waals surface area contributed by atoms with Crippen LogP contribution < -0.4 is 21.2 Å². The van der Waals surface area contributed by atoms with Crippen molar-refractivity contribution < 1.29 is 14.3 Å². The summed E-state index contributed by atoms with van der Waals surface area (Å²) in [6.45, 7) is 4.93. The van der Waals surface area contributed by atoms with Crippen LogP contribution in [0.1, 0.15) is 34.8 Å². The number of carboxylic acid groups (broad SMARTS) is 1. The number of aryl methyl sites for hydroxylation is 1. The van der Waals surface area contributed by atoms with Crippen molar-refractivity contribution in [3.05, 3.63) is 105 Å². The Morgan fingerprint density at radius 3 is 2.37 bits per heavy atom. The van der Waals surface area contributed by atoms with E-state index in [9.17, 15) is 23.9 Å². The summed E-state index contributed by atoms with van der Waals surface area (Å²) in [5.41, 5.74) is 2.14. The van der Waals surface area contributed by atoms with Crippen molar-refractivity contribution in [3.8, 4) is 5.69 Å². The van der Waals surface area contributed by atoms with Crippen LogP contribution in [0.4, 0.5) is 10.1 Å². The Morgan fingerprint density at radius 2 is 1.71 bits per heavy atom. The average Bonchev–Trinajstić information content (AvgIpc) is 3.77. The zero-order valence-corrected chi connectivity index (χ0v) is 21.1. The standard InChI is InChI=1S/C17H18FN3O3.C12H11NO/c18-13-7-11-14(8-15(13)20-5-3-19-4-6-20)21(10-1-2-10)9-12(16(11)22)17(23)24;1-10-7-8-12(14)13(9-10)11-5-3-2-4-6-11/h7-10,19H,1-6H2,(H,23,24);2-9H,1H3. The molecule has 0 bridgehead atoms. The lowest BCUT2D eigenvalue weighted by molar-refractivity contribution is 0.0695. The maximum atomic E-state index is 14.6. The van der Waals surface area contributed by atoms with Crippen LogP contribution in [0.25, 0.3) is 16.6 Å². The van der Waals surface area contributed by atoms with Crippen LogP contribution in [0.3, 0.4) is 0 Å². The first-order valence-electron chi connectivity index (χ1n) is 12.7. The smallest absolute Gasteiger partial charge is 0.341 e. The number of halogens is 1. The molecule has 0 radical (unpaired) electrons. The lowest BCUT2D eigenvalue weighted by atomic mass is 10.1. The van der Waals surface area contributed by atoms with E-state index in [2.05, 4.69) is 5.32 Å². The minimum Gasteiger partial charge on any atom is -0.477 e. The predicted octanol–water partition coefficient (Wildman–Crippen LogP) is 3.73. The number of carboxylic acids is 1. The molecule has 2 aliphatic rings. The van der Waals surface area contributed by atoms with Crippen LogP contribution in [0, 0.1) is 12.7 Å². The van der Waals surface area contributed by atoms with Crippen LogP contribution >= 0.6 is 0 Å². The number of fused-ring (bicyclic) bond motifs is 1. The highest BCUT2D eigenvalue weighted by Gasteiger charge is 2.28. The molecule has 2 fully saturated rings. The summed E-state index contributed by atoms with van der Waals surface area (Å²) in [5.74, 6) is -1.76. The number of para-hydroxylation sites is 1. The van der Waals surface area contributed by atoms with Crippen molar-refractivity contribution in [2.45, 2.75) is 25.8 Å². The average molecular weight is 517 g/mol. The molecule has 2 aromatic carbocycles. The zero-order valence-electron chi connectivity index (χ0n) is 21.1. The number of pyridine rings is 2. The third kappa shape index (κ3) is 5.24. The number of rotatable bonds is 4. The van der Waals surface area contributed by atoms with Gasteiger partial charge in [-0.05, 0) is 49.6 Å². The molecule has 0 spiro atoms. The number of anilines is 1. The Kier molecular flexibility index (Phi) is 7.11. The van der Waals surface area contributed by atoms with Crippen LogP contribution in [0.15, 0.2) is 76.6 Å². The van der Waals surface area contributed by atoms with Gasteiger partial charge in [0.1, 0.15) is 11.4 Å². The Balaban J connectivity index is 0.000000179. The lowest BCUT2D eigenvalue weighted by Crippen LogP contribution is -2.43. The van der Waals surface area contributed by atoms with Gasteiger partial charge in [-0.25, -0.2) is 9.18 Å². The third-order valence-corrected chi connectivity index (χ3v) is 6.82. The first-order chi connectivity index (χ1) is 18.3. The number of benzene rings is 2. The third-order valence-electron chi connectivity index (χ3n) is 6.82. The van der Waals surface area contributed by atoms with Gasteiger partial charge in [-0.1, -0.05) is 24.3 Å². The van der Waals surface area contributed by atoms with E-state index in [1.54, 1.807) is 16.7 Å². The molecule has 1 saturated carbocycles. The minimum atomic E-state index is -1.28. The summed E-state index contributed by atoms with van der Waals surface area (Å²) < 4.78 is 18.1. The van der Waals surface area contributed by atoms with E-state index in [0.717, 1.165) is 37.2 Å². The highest BCUT2D eigenvalue weighted by atomic mass is 19.1. The molecule has 38 heavy (non-hydrogen) atoms. The number of piperazine rings is 1. The number of aromatic nitrogens is 2. The lowest BCUT2D eigenvalue weighted by Gasteiger charge is -2.30. The molecule has 1 aliphatic carbocycles. The van der Waals surface area contributed by atoms with Gasteiger partial charge in [-0.2, -0.15) is 0 Å². The van der Waals surface area contributed by atoms with Crippen LogP contribution in [-0.4, -0.2) is 46.4 Å². The molecule has 1 saturated heterocycles. The van der Waals surface area contributed by atoms with Gasteiger partial charge in [0.2, 0.25) is 5.43 Å². The first kappa shape index (κ1) is 25.4. The van der Waals surface area contributed by atoms with Crippen molar-refractivity contribution in [1.82, 2.24) is 14.5 Å². The topological polar surface area (TPSA) is 96.6 Å². The van der Waals surface area contributed by atoms with E-state index < -0.39 is 17.2 Å². The van der Waals surface area contributed by atoms with Crippen LogP contribution in [-0.2, 0) is 0 Å². The fraction of sp³-hybridized carbons (Fsp3) is 0.276. The second-order valence-corrected chi connectivity index (χ2v) is 9.62. The summed E-state index contributed by atoms with van der Waals surface area (Å²) in [7, 11) is 0. The zero-order chi connectivity index (χ0) is 26.8. The van der Waals surface area contributed by atoms with E-state index in [4.69, 9.17) is 0 Å². The highest BCUT2D eigenvalue weighted by molar-refractivity contribution is 5.93. The molecule has 8 nitrogen and oxygen atoms in total. The molecule has 196 valence electrons. The number of hydrogen-bond acceptors (Lipinski definition) is 5. The molecule has 0 unspecified atom stereocenters. The number of nitrogens with one attached hydrogen (secondary N) is 1. The Bertz CT molecular complexity index is 1600. The van der Waals surface area contributed by atoms with E-state index in [1.807, 2.05) is 59.0 Å². The fourth-order valence-electron chi connectivity index (χ4n) is 4.70. The van der Waals surface area contributed by atoms with Gasteiger partial charge >= 0.3 is 5.97 Å². The fourth-order valence-corrected chi connectivity index (χ4v) is 4.70. The minimum absolute atomic E-state index is 0.00167. The maximum absolute atomic E-state index is 14.6. The van der Waals surface area contributed by atoms with E-state index >= 15 is 0 Å². The molecule has 6 rings (SSSR count). The molecule has 3 heterocycles. The maximum Gasteiger partial charge on any atom is 0.341 e. The first-order valence-corrected chi connectivity index (χ1v) is 12.7. The van der Waals surface area contributed by atoms with Crippen molar-refractivity contribution in [3.63, 3.8) is 0 Å². The summed E-state index contributed by atoms with van der Waals surface area (Å²) >= 11 is 0. The van der Waals surface area contributed by atoms with Gasteiger partial charge in [0.25, 0.3) is 5.56 Å². The summed E-state index contributed by atoms with van der Waals surface area (Å²) in [6.07, 6.45) is 5.14. The number of aromatic carboxylic acids is 1. The monoisotopic (exact) mass is 516 g/mol. The number of nitrogens with zero attached hydrogens (tertiary/aromatic N) is 3. The molecule has 2 aromatic heterocycles. The summed E-state index contributed by atoms with van der Waals surface area (Å²) in [6, 6.07) is 16.1. The SMILES string of the molecule is Cc1ccc(=O)n(-c2ccccc2)c1.O=C(O)c1cn(C2CC2)c2cc(N3CCNCC3)c(F)cc2c1=O.